The van der Waals surface area contributed by atoms with Gasteiger partial charge in [-0.2, -0.15) is 11.8 Å². The molecule has 2 aliphatic rings. The molecule has 20 heavy (non-hydrogen) atoms. The van der Waals surface area contributed by atoms with Crippen LogP contribution in [0, 0.1) is 5.82 Å². The second kappa shape index (κ2) is 6.74. The minimum atomic E-state index is -0.180. The van der Waals surface area contributed by atoms with Crippen molar-refractivity contribution in [3.05, 3.63) is 41.7 Å². The van der Waals surface area contributed by atoms with Gasteiger partial charge in [0.25, 0.3) is 0 Å². The van der Waals surface area contributed by atoms with E-state index in [1.807, 2.05) is 23.9 Å². The Hall–Kier alpha value is -0.840. The molecular formula is C16H20FNOS. The van der Waals surface area contributed by atoms with E-state index in [9.17, 15) is 4.39 Å². The smallest absolute Gasteiger partial charge is 0.123 e. The van der Waals surface area contributed by atoms with Crippen LogP contribution in [-0.4, -0.2) is 48.2 Å². The summed E-state index contributed by atoms with van der Waals surface area (Å²) in [5.74, 6) is 1.01. The number of rotatable bonds is 3. The van der Waals surface area contributed by atoms with Gasteiger partial charge in [0.1, 0.15) is 5.82 Å². The Kier molecular flexibility index (Phi) is 4.76. The van der Waals surface area contributed by atoms with E-state index < -0.39 is 0 Å². The van der Waals surface area contributed by atoms with Gasteiger partial charge in [-0.15, -0.1) is 0 Å². The maximum Gasteiger partial charge on any atom is 0.123 e. The summed E-state index contributed by atoms with van der Waals surface area (Å²) < 4.78 is 18.4. The maximum absolute atomic E-state index is 12.8. The molecule has 2 saturated heterocycles. The van der Waals surface area contributed by atoms with Crippen molar-refractivity contribution in [2.45, 2.75) is 17.7 Å². The first-order chi connectivity index (χ1) is 9.83. The zero-order chi connectivity index (χ0) is 13.8. The highest BCUT2D eigenvalue weighted by Gasteiger charge is 2.33. The summed E-state index contributed by atoms with van der Waals surface area (Å²) in [5, 5.41) is 0.636. The standard InChI is InChI=1S/C16H20FNOS/c17-14-5-3-13(4-6-14)2-1-8-18-9-11-20-16-12-19-10-7-15(16)18/h1-6,15-16H,7-12H2. The largest absolute Gasteiger partial charge is 0.380 e. The Balaban J connectivity index is 1.58. The summed E-state index contributed by atoms with van der Waals surface area (Å²) >= 11 is 2.05. The van der Waals surface area contributed by atoms with Crippen LogP contribution in [0.4, 0.5) is 4.39 Å². The molecule has 2 unspecified atom stereocenters. The Morgan fingerprint density at radius 1 is 1.35 bits per heavy atom. The molecule has 2 aliphatic heterocycles. The molecule has 0 aliphatic carbocycles. The predicted molar refractivity (Wildman–Crippen MR) is 82.5 cm³/mol. The highest BCUT2D eigenvalue weighted by atomic mass is 32.2. The van der Waals surface area contributed by atoms with Crippen LogP contribution in [0.2, 0.25) is 0 Å². The van der Waals surface area contributed by atoms with Crippen molar-refractivity contribution in [3.8, 4) is 0 Å². The van der Waals surface area contributed by atoms with E-state index in [0.29, 0.717) is 11.3 Å². The van der Waals surface area contributed by atoms with Crippen molar-refractivity contribution in [2.75, 3.05) is 32.1 Å². The summed E-state index contributed by atoms with van der Waals surface area (Å²) in [4.78, 5) is 2.56. The molecule has 0 saturated carbocycles. The first kappa shape index (κ1) is 14.1. The lowest BCUT2D eigenvalue weighted by atomic mass is 10.1. The molecule has 2 heterocycles. The van der Waals surface area contributed by atoms with E-state index in [1.165, 1.54) is 17.9 Å². The molecule has 0 N–H and O–H groups in total. The molecule has 0 amide bonds. The van der Waals surface area contributed by atoms with E-state index in [1.54, 1.807) is 0 Å². The highest BCUT2D eigenvalue weighted by Crippen LogP contribution is 2.29. The summed E-state index contributed by atoms with van der Waals surface area (Å²) in [6.45, 7) is 3.91. The number of ether oxygens (including phenoxy) is 1. The summed E-state index contributed by atoms with van der Waals surface area (Å²) in [6.07, 6.45) is 5.41. The van der Waals surface area contributed by atoms with Gasteiger partial charge in [0.15, 0.2) is 0 Å². The highest BCUT2D eigenvalue weighted by molar-refractivity contribution is 8.00. The van der Waals surface area contributed by atoms with Crippen LogP contribution in [0.25, 0.3) is 6.08 Å². The first-order valence-corrected chi connectivity index (χ1v) is 8.23. The number of nitrogens with zero attached hydrogens (tertiary/aromatic N) is 1. The fourth-order valence-electron chi connectivity index (χ4n) is 2.89. The number of benzene rings is 1. The fourth-order valence-corrected chi connectivity index (χ4v) is 4.25. The maximum atomic E-state index is 12.8. The molecule has 4 heteroatoms. The molecule has 2 atom stereocenters. The van der Waals surface area contributed by atoms with Gasteiger partial charge < -0.3 is 4.74 Å². The molecule has 0 bridgehead atoms. The molecule has 0 spiro atoms. The van der Waals surface area contributed by atoms with Gasteiger partial charge in [0, 0.05) is 36.7 Å². The minimum Gasteiger partial charge on any atom is -0.380 e. The van der Waals surface area contributed by atoms with Crippen LogP contribution in [-0.2, 0) is 4.74 Å². The molecule has 0 radical (unpaired) electrons. The third-order valence-electron chi connectivity index (χ3n) is 3.97. The van der Waals surface area contributed by atoms with Crippen LogP contribution < -0.4 is 0 Å². The van der Waals surface area contributed by atoms with Crippen molar-refractivity contribution in [3.63, 3.8) is 0 Å². The van der Waals surface area contributed by atoms with Crippen LogP contribution >= 0.6 is 11.8 Å². The summed E-state index contributed by atoms with van der Waals surface area (Å²) in [6, 6.07) is 7.29. The molecule has 3 rings (SSSR count). The molecule has 2 nitrogen and oxygen atoms in total. The topological polar surface area (TPSA) is 12.5 Å². The summed E-state index contributed by atoms with van der Waals surface area (Å²) in [5.41, 5.74) is 1.06. The monoisotopic (exact) mass is 293 g/mol. The van der Waals surface area contributed by atoms with Crippen LogP contribution in [0.5, 0.6) is 0 Å². The van der Waals surface area contributed by atoms with Gasteiger partial charge in [-0.1, -0.05) is 24.3 Å². The Morgan fingerprint density at radius 2 is 2.20 bits per heavy atom. The van der Waals surface area contributed by atoms with E-state index in [0.717, 1.165) is 38.3 Å². The zero-order valence-corrected chi connectivity index (χ0v) is 12.3. The number of halogens is 1. The molecule has 2 fully saturated rings. The lowest BCUT2D eigenvalue weighted by Gasteiger charge is -2.43. The van der Waals surface area contributed by atoms with E-state index in [-0.39, 0.29) is 5.82 Å². The van der Waals surface area contributed by atoms with Gasteiger partial charge >= 0.3 is 0 Å². The predicted octanol–water partition coefficient (Wildman–Crippen LogP) is 3.05. The second-order valence-corrected chi connectivity index (χ2v) is 6.64. The quantitative estimate of drug-likeness (QED) is 0.850. The van der Waals surface area contributed by atoms with Gasteiger partial charge in [0.05, 0.1) is 6.61 Å². The van der Waals surface area contributed by atoms with Crippen LogP contribution in [0.1, 0.15) is 12.0 Å². The fraction of sp³-hybridized carbons (Fsp3) is 0.500. The lowest BCUT2D eigenvalue weighted by Crippen LogP contribution is -2.51. The summed E-state index contributed by atoms with van der Waals surface area (Å²) in [7, 11) is 0. The number of thioether (sulfide) groups is 1. The van der Waals surface area contributed by atoms with Gasteiger partial charge in [-0.05, 0) is 24.1 Å². The van der Waals surface area contributed by atoms with Gasteiger partial charge in [-0.25, -0.2) is 4.39 Å². The van der Waals surface area contributed by atoms with E-state index in [4.69, 9.17) is 4.74 Å². The van der Waals surface area contributed by atoms with Crippen molar-refractivity contribution < 1.29 is 9.13 Å². The van der Waals surface area contributed by atoms with E-state index in [2.05, 4.69) is 17.1 Å². The van der Waals surface area contributed by atoms with Crippen molar-refractivity contribution >= 4 is 17.8 Å². The lowest BCUT2D eigenvalue weighted by molar-refractivity contribution is 0.0423. The van der Waals surface area contributed by atoms with Crippen molar-refractivity contribution in [1.82, 2.24) is 4.90 Å². The molecule has 1 aromatic carbocycles. The van der Waals surface area contributed by atoms with Crippen molar-refractivity contribution in [1.29, 1.82) is 0 Å². The van der Waals surface area contributed by atoms with Gasteiger partial charge in [0.2, 0.25) is 0 Å². The SMILES string of the molecule is Fc1ccc(C=CCN2CCSC3COCCC32)cc1. The average Bonchev–Trinajstić information content (AvgIpc) is 2.49. The normalized spacial score (nSPS) is 27.6. The van der Waals surface area contributed by atoms with Crippen molar-refractivity contribution in [2.24, 2.45) is 0 Å². The van der Waals surface area contributed by atoms with Gasteiger partial charge in [-0.3, -0.25) is 4.90 Å². The molecule has 1 aromatic rings. The third kappa shape index (κ3) is 3.43. The molecular weight excluding hydrogens is 273 g/mol. The number of fused-ring (bicyclic) bond motifs is 1. The molecule has 108 valence electrons. The molecule has 0 aromatic heterocycles. The zero-order valence-electron chi connectivity index (χ0n) is 11.5. The Labute approximate surface area is 124 Å². The van der Waals surface area contributed by atoms with Crippen LogP contribution in [0.15, 0.2) is 30.3 Å². The second-order valence-electron chi connectivity index (χ2n) is 5.29. The third-order valence-corrected chi connectivity index (χ3v) is 5.27. The average molecular weight is 293 g/mol. The first-order valence-electron chi connectivity index (χ1n) is 7.18. The Bertz CT molecular complexity index is 460. The van der Waals surface area contributed by atoms with E-state index >= 15 is 0 Å². The number of hydrogen-bond donors (Lipinski definition) is 0. The minimum absolute atomic E-state index is 0.180. The number of hydrogen-bond acceptors (Lipinski definition) is 3. The Morgan fingerprint density at radius 3 is 3.05 bits per heavy atom. The van der Waals surface area contributed by atoms with Crippen LogP contribution in [0.3, 0.4) is 0 Å².